The highest BCUT2D eigenvalue weighted by Crippen LogP contribution is 2.17. The van der Waals surface area contributed by atoms with Gasteiger partial charge in [-0.3, -0.25) is 4.79 Å². The van der Waals surface area contributed by atoms with Gasteiger partial charge in [0.2, 0.25) is 0 Å². The second-order valence-electron chi connectivity index (χ2n) is 7.96. The van der Waals surface area contributed by atoms with E-state index in [2.05, 4.69) is 27.5 Å². The van der Waals surface area contributed by atoms with Crippen LogP contribution in [0.15, 0.2) is 29.3 Å². The lowest BCUT2D eigenvalue weighted by Gasteiger charge is -2.35. The van der Waals surface area contributed by atoms with Gasteiger partial charge in [0.15, 0.2) is 5.96 Å². The molecule has 2 aromatic rings. The van der Waals surface area contributed by atoms with Gasteiger partial charge in [0.05, 0.1) is 31.0 Å². The molecule has 1 fully saturated rings. The van der Waals surface area contributed by atoms with Crippen LogP contribution in [-0.2, 0) is 17.8 Å². The molecular formula is C23H33N5O2S. The van der Waals surface area contributed by atoms with E-state index in [4.69, 9.17) is 4.74 Å². The second-order valence-corrected chi connectivity index (χ2v) is 9.25. The number of hydrogen-bond donors (Lipinski definition) is 2. The van der Waals surface area contributed by atoms with E-state index in [0.29, 0.717) is 31.7 Å². The molecule has 3 rings (SSSR count). The zero-order chi connectivity index (χ0) is 22.4. The van der Waals surface area contributed by atoms with Crippen molar-refractivity contribution in [1.82, 2.24) is 20.5 Å². The van der Waals surface area contributed by atoms with E-state index in [9.17, 15) is 4.79 Å². The van der Waals surface area contributed by atoms with Gasteiger partial charge in [0.25, 0.3) is 5.91 Å². The van der Waals surface area contributed by atoms with E-state index >= 15 is 0 Å². The third kappa shape index (κ3) is 6.51. The molecule has 1 amide bonds. The first kappa shape index (κ1) is 23.2. The van der Waals surface area contributed by atoms with Crippen LogP contribution < -0.4 is 10.6 Å². The summed E-state index contributed by atoms with van der Waals surface area (Å²) in [5.74, 6) is 0.811. The Hall–Kier alpha value is -2.45. The van der Waals surface area contributed by atoms with Crippen LogP contribution in [0.1, 0.15) is 52.3 Å². The lowest BCUT2D eigenvalue weighted by atomic mass is 10.1. The Morgan fingerprint density at radius 1 is 1.19 bits per heavy atom. The van der Waals surface area contributed by atoms with E-state index in [1.807, 2.05) is 56.9 Å². The number of carbonyl (C=O) groups excluding carboxylic acids is 1. The van der Waals surface area contributed by atoms with Crippen molar-refractivity contribution in [2.45, 2.75) is 59.9 Å². The quantitative estimate of drug-likeness (QED) is 0.529. The van der Waals surface area contributed by atoms with E-state index in [1.54, 1.807) is 11.3 Å². The second kappa shape index (κ2) is 10.7. The summed E-state index contributed by atoms with van der Waals surface area (Å²) < 4.78 is 5.73. The van der Waals surface area contributed by atoms with Gasteiger partial charge in [-0.05, 0) is 52.3 Å². The third-order valence-electron chi connectivity index (χ3n) is 5.15. The molecule has 1 saturated heterocycles. The highest BCUT2D eigenvalue weighted by atomic mass is 32.1. The van der Waals surface area contributed by atoms with Crippen molar-refractivity contribution in [3.8, 4) is 0 Å². The molecule has 2 atom stereocenters. The van der Waals surface area contributed by atoms with Crippen LogP contribution in [0.4, 0.5) is 0 Å². The highest BCUT2D eigenvalue weighted by Gasteiger charge is 2.26. The largest absolute Gasteiger partial charge is 0.372 e. The normalized spacial score (nSPS) is 19.4. The first-order valence-corrected chi connectivity index (χ1v) is 11.7. The summed E-state index contributed by atoms with van der Waals surface area (Å²) >= 11 is 1.70. The number of aryl methyl sites for hydroxylation is 2. The van der Waals surface area contributed by atoms with Gasteiger partial charge in [0, 0.05) is 30.1 Å². The van der Waals surface area contributed by atoms with Crippen molar-refractivity contribution in [3.05, 3.63) is 51.0 Å². The average Bonchev–Trinajstić information content (AvgIpc) is 3.06. The van der Waals surface area contributed by atoms with Crippen molar-refractivity contribution in [1.29, 1.82) is 0 Å². The number of nitrogens with one attached hydrogen (secondary N) is 2. The number of guanidine groups is 1. The van der Waals surface area contributed by atoms with Crippen LogP contribution in [0, 0.1) is 13.8 Å². The third-order valence-corrected chi connectivity index (χ3v) is 6.22. The minimum atomic E-state index is 0.0566. The Morgan fingerprint density at radius 3 is 2.45 bits per heavy atom. The fraction of sp³-hybridized carbons (Fsp3) is 0.522. The van der Waals surface area contributed by atoms with Gasteiger partial charge in [0.1, 0.15) is 5.01 Å². The van der Waals surface area contributed by atoms with E-state index in [-0.39, 0.29) is 18.1 Å². The zero-order valence-electron chi connectivity index (χ0n) is 19.1. The molecule has 0 spiro atoms. The molecule has 1 aliphatic heterocycles. The molecule has 168 valence electrons. The Balaban J connectivity index is 1.58. The summed E-state index contributed by atoms with van der Waals surface area (Å²) in [5.41, 5.74) is 2.84. The number of nitrogens with zero attached hydrogens (tertiary/aromatic N) is 3. The maximum absolute atomic E-state index is 12.8. The lowest BCUT2D eigenvalue weighted by Crippen LogP contribution is -2.48. The minimum absolute atomic E-state index is 0.0566. The number of ether oxygens (including phenoxy) is 1. The molecule has 8 heteroatoms. The van der Waals surface area contributed by atoms with Crippen LogP contribution in [-0.4, -0.2) is 53.6 Å². The molecule has 0 aliphatic carbocycles. The summed E-state index contributed by atoms with van der Waals surface area (Å²) in [4.78, 5) is 25.2. The number of hydrogen-bond acceptors (Lipinski definition) is 5. The molecule has 0 bridgehead atoms. The number of aromatic nitrogens is 1. The average molecular weight is 444 g/mol. The summed E-state index contributed by atoms with van der Waals surface area (Å²) in [6.45, 7) is 13.4. The zero-order valence-corrected chi connectivity index (χ0v) is 19.9. The number of rotatable bonds is 6. The minimum Gasteiger partial charge on any atom is -0.372 e. The molecular weight excluding hydrogens is 410 g/mol. The maximum Gasteiger partial charge on any atom is 0.254 e. The van der Waals surface area contributed by atoms with Crippen molar-refractivity contribution in [2.75, 3.05) is 19.6 Å². The van der Waals surface area contributed by atoms with Gasteiger partial charge < -0.3 is 20.3 Å². The van der Waals surface area contributed by atoms with Gasteiger partial charge in [-0.15, -0.1) is 11.3 Å². The maximum atomic E-state index is 12.8. The predicted molar refractivity (Wildman–Crippen MR) is 126 cm³/mol. The van der Waals surface area contributed by atoms with Crippen LogP contribution >= 0.6 is 11.3 Å². The Kier molecular flexibility index (Phi) is 8.03. The smallest absolute Gasteiger partial charge is 0.254 e. The fourth-order valence-corrected chi connectivity index (χ4v) is 4.44. The molecule has 1 aromatic heterocycles. The van der Waals surface area contributed by atoms with Gasteiger partial charge in [-0.1, -0.05) is 12.1 Å². The monoisotopic (exact) mass is 443 g/mol. The summed E-state index contributed by atoms with van der Waals surface area (Å²) in [7, 11) is 0. The fourth-order valence-electron chi connectivity index (χ4n) is 3.57. The number of morpholine rings is 1. The summed E-state index contributed by atoms with van der Waals surface area (Å²) in [5, 5.41) is 7.66. The van der Waals surface area contributed by atoms with E-state index in [1.165, 1.54) is 4.88 Å². The van der Waals surface area contributed by atoms with Gasteiger partial charge in [-0.25, -0.2) is 9.98 Å². The van der Waals surface area contributed by atoms with Crippen LogP contribution in [0.25, 0.3) is 0 Å². The van der Waals surface area contributed by atoms with Gasteiger partial charge in [-0.2, -0.15) is 0 Å². The standard InChI is InChI=1S/C23H33N5O2S/c1-6-24-23(26-12-21-27-17(4)18(5)31-21)25-11-19-7-9-20(10-8-19)22(29)28-13-15(2)30-16(3)14-28/h7-10,15-16H,6,11-14H2,1-5H3,(H2,24,25,26). The molecule has 0 radical (unpaired) electrons. The van der Waals surface area contributed by atoms with Crippen molar-refractivity contribution < 1.29 is 9.53 Å². The first-order chi connectivity index (χ1) is 14.9. The lowest BCUT2D eigenvalue weighted by molar-refractivity contribution is -0.0586. The topological polar surface area (TPSA) is 78.9 Å². The Labute approximate surface area is 188 Å². The summed E-state index contributed by atoms with van der Waals surface area (Å²) in [6, 6.07) is 7.72. The number of thiazole rings is 1. The van der Waals surface area contributed by atoms with E-state index in [0.717, 1.165) is 28.8 Å². The SMILES string of the molecule is CCNC(=NCc1ccc(C(=O)N2CC(C)OC(C)C2)cc1)NCc1nc(C)c(C)s1. The molecule has 7 nitrogen and oxygen atoms in total. The molecule has 2 heterocycles. The van der Waals surface area contributed by atoms with E-state index < -0.39 is 0 Å². The Morgan fingerprint density at radius 2 is 1.87 bits per heavy atom. The molecule has 1 aliphatic rings. The number of benzene rings is 1. The Bertz CT molecular complexity index is 880. The number of amides is 1. The molecule has 1 aromatic carbocycles. The van der Waals surface area contributed by atoms with Crippen LogP contribution in [0.5, 0.6) is 0 Å². The molecule has 31 heavy (non-hydrogen) atoms. The number of carbonyl (C=O) groups is 1. The van der Waals surface area contributed by atoms with Crippen LogP contribution in [0.3, 0.4) is 0 Å². The predicted octanol–water partition coefficient (Wildman–Crippen LogP) is 3.26. The molecule has 0 saturated carbocycles. The van der Waals surface area contributed by atoms with Crippen LogP contribution in [0.2, 0.25) is 0 Å². The highest BCUT2D eigenvalue weighted by molar-refractivity contribution is 7.11. The summed E-state index contributed by atoms with van der Waals surface area (Å²) in [6.07, 6.45) is 0.131. The van der Waals surface area contributed by atoms with Crippen molar-refractivity contribution in [2.24, 2.45) is 4.99 Å². The molecule has 2 unspecified atom stereocenters. The van der Waals surface area contributed by atoms with Gasteiger partial charge >= 0.3 is 0 Å². The van der Waals surface area contributed by atoms with Crippen molar-refractivity contribution in [3.63, 3.8) is 0 Å². The van der Waals surface area contributed by atoms with Crippen molar-refractivity contribution >= 4 is 23.2 Å². The molecule has 2 N–H and O–H groups in total. The first-order valence-electron chi connectivity index (χ1n) is 10.8. The number of aliphatic imine (C=N–C) groups is 1.